The SMILES string of the molecule is CC(C)CC1CN(CCCOCC2CC2)CCCN1. The van der Waals surface area contributed by atoms with Crippen LogP contribution in [0.15, 0.2) is 0 Å². The first-order valence-corrected chi connectivity index (χ1v) is 8.27. The Kier molecular flexibility index (Phi) is 6.62. The molecule has 2 rings (SSSR count). The highest BCUT2D eigenvalue weighted by molar-refractivity contribution is 4.77. The van der Waals surface area contributed by atoms with Gasteiger partial charge in [-0.25, -0.2) is 0 Å². The molecule has 112 valence electrons. The predicted octanol–water partition coefficient (Wildman–Crippen LogP) is 2.51. The molecule has 1 atom stereocenters. The second-order valence-corrected chi connectivity index (χ2v) is 6.81. The van der Waals surface area contributed by atoms with Gasteiger partial charge in [0.1, 0.15) is 0 Å². The fourth-order valence-electron chi connectivity index (χ4n) is 2.93. The molecule has 0 aromatic heterocycles. The Morgan fingerprint density at radius 2 is 2.16 bits per heavy atom. The van der Waals surface area contributed by atoms with Crippen molar-refractivity contribution in [3.05, 3.63) is 0 Å². The second kappa shape index (κ2) is 8.23. The lowest BCUT2D eigenvalue weighted by Crippen LogP contribution is -2.39. The molecule has 3 heteroatoms. The summed E-state index contributed by atoms with van der Waals surface area (Å²) >= 11 is 0. The van der Waals surface area contributed by atoms with Crippen molar-refractivity contribution in [1.82, 2.24) is 10.2 Å². The number of hydrogen-bond donors (Lipinski definition) is 1. The van der Waals surface area contributed by atoms with Crippen molar-refractivity contribution < 1.29 is 4.74 Å². The Morgan fingerprint density at radius 3 is 2.89 bits per heavy atom. The zero-order valence-electron chi connectivity index (χ0n) is 12.9. The van der Waals surface area contributed by atoms with Crippen molar-refractivity contribution in [1.29, 1.82) is 0 Å². The van der Waals surface area contributed by atoms with E-state index in [0.29, 0.717) is 6.04 Å². The topological polar surface area (TPSA) is 24.5 Å². The Bertz CT molecular complexity index is 241. The third kappa shape index (κ3) is 6.73. The van der Waals surface area contributed by atoms with Crippen LogP contribution in [0.25, 0.3) is 0 Å². The fourth-order valence-corrected chi connectivity index (χ4v) is 2.93. The van der Waals surface area contributed by atoms with Crippen molar-refractivity contribution in [2.45, 2.75) is 52.0 Å². The maximum atomic E-state index is 5.73. The van der Waals surface area contributed by atoms with Gasteiger partial charge in [-0.2, -0.15) is 0 Å². The third-order valence-corrected chi connectivity index (χ3v) is 4.13. The van der Waals surface area contributed by atoms with E-state index in [-0.39, 0.29) is 0 Å². The molecule has 1 aliphatic heterocycles. The Balaban J connectivity index is 1.57. The lowest BCUT2D eigenvalue weighted by atomic mass is 10.0. The fraction of sp³-hybridized carbons (Fsp3) is 1.00. The van der Waals surface area contributed by atoms with E-state index in [2.05, 4.69) is 24.1 Å². The van der Waals surface area contributed by atoms with Crippen LogP contribution in [0.2, 0.25) is 0 Å². The minimum Gasteiger partial charge on any atom is -0.381 e. The number of hydrogen-bond acceptors (Lipinski definition) is 3. The first-order valence-electron chi connectivity index (χ1n) is 8.27. The molecule has 1 saturated heterocycles. The molecule has 1 N–H and O–H groups in total. The number of ether oxygens (including phenoxy) is 1. The van der Waals surface area contributed by atoms with Crippen LogP contribution < -0.4 is 5.32 Å². The molecule has 2 fully saturated rings. The van der Waals surface area contributed by atoms with Crippen LogP contribution in [-0.4, -0.2) is 50.3 Å². The highest BCUT2D eigenvalue weighted by Crippen LogP contribution is 2.28. The van der Waals surface area contributed by atoms with Crippen LogP contribution in [0, 0.1) is 11.8 Å². The summed E-state index contributed by atoms with van der Waals surface area (Å²) in [7, 11) is 0. The normalized spacial score (nSPS) is 25.7. The largest absolute Gasteiger partial charge is 0.381 e. The van der Waals surface area contributed by atoms with Gasteiger partial charge in [-0.05, 0) is 57.0 Å². The summed E-state index contributed by atoms with van der Waals surface area (Å²) in [6.45, 7) is 11.5. The molecule has 3 nitrogen and oxygen atoms in total. The average Bonchev–Trinajstić information content (AvgIpc) is 3.16. The monoisotopic (exact) mass is 268 g/mol. The highest BCUT2D eigenvalue weighted by atomic mass is 16.5. The van der Waals surface area contributed by atoms with Gasteiger partial charge < -0.3 is 15.0 Å². The Hall–Kier alpha value is -0.120. The standard InChI is InChI=1S/C16H32N2O/c1-14(2)11-16-12-18(8-3-7-17-16)9-4-10-19-13-15-5-6-15/h14-17H,3-13H2,1-2H3. The molecule has 19 heavy (non-hydrogen) atoms. The van der Waals surface area contributed by atoms with Crippen LogP contribution in [0.4, 0.5) is 0 Å². The predicted molar refractivity (Wildman–Crippen MR) is 80.5 cm³/mol. The molecular weight excluding hydrogens is 236 g/mol. The summed E-state index contributed by atoms with van der Waals surface area (Å²) in [5.41, 5.74) is 0. The smallest absolute Gasteiger partial charge is 0.0494 e. The van der Waals surface area contributed by atoms with Gasteiger partial charge in [-0.15, -0.1) is 0 Å². The molecule has 1 unspecified atom stereocenters. The summed E-state index contributed by atoms with van der Waals surface area (Å²) < 4.78 is 5.73. The molecule has 0 spiro atoms. The molecule has 0 amide bonds. The Morgan fingerprint density at radius 1 is 1.32 bits per heavy atom. The first kappa shape index (κ1) is 15.3. The highest BCUT2D eigenvalue weighted by Gasteiger charge is 2.21. The van der Waals surface area contributed by atoms with Gasteiger partial charge in [0.15, 0.2) is 0 Å². The summed E-state index contributed by atoms with van der Waals surface area (Å²) in [4.78, 5) is 2.63. The molecule has 0 bridgehead atoms. The van der Waals surface area contributed by atoms with Gasteiger partial charge in [-0.1, -0.05) is 13.8 Å². The van der Waals surface area contributed by atoms with Gasteiger partial charge in [0.05, 0.1) is 0 Å². The molecule has 0 aromatic carbocycles. The minimum atomic E-state index is 0.690. The summed E-state index contributed by atoms with van der Waals surface area (Å²) in [5.74, 6) is 1.69. The molecule has 0 aromatic rings. The van der Waals surface area contributed by atoms with E-state index in [1.165, 1.54) is 58.3 Å². The number of nitrogens with one attached hydrogen (secondary N) is 1. The van der Waals surface area contributed by atoms with E-state index >= 15 is 0 Å². The molecule has 0 radical (unpaired) electrons. The minimum absolute atomic E-state index is 0.690. The number of nitrogens with zero attached hydrogens (tertiary/aromatic N) is 1. The lowest BCUT2D eigenvalue weighted by Gasteiger charge is -2.25. The van der Waals surface area contributed by atoms with E-state index < -0.39 is 0 Å². The van der Waals surface area contributed by atoms with Crippen LogP contribution in [0.5, 0.6) is 0 Å². The maximum absolute atomic E-state index is 5.73. The maximum Gasteiger partial charge on any atom is 0.0494 e. The van der Waals surface area contributed by atoms with Gasteiger partial charge in [0.25, 0.3) is 0 Å². The third-order valence-electron chi connectivity index (χ3n) is 4.13. The van der Waals surface area contributed by atoms with E-state index in [0.717, 1.165) is 25.0 Å². The van der Waals surface area contributed by atoms with Crippen molar-refractivity contribution >= 4 is 0 Å². The van der Waals surface area contributed by atoms with Crippen LogP contribution in [0.1, 0.15) is 46.0 Å². The van der Waals surface area contributed by atoms with Crippen LogP contribution in [0.3, 0.4) is 0 Å². The number of rotatable bonds is 8. The van der Waals surface area contributed by atoms with E-state index in [4.69, 9.17) is 4.74 Å². The summed E-state index contributed by atoms with van der Waals surface area (Å²) in [5, 5.41) is 3.69. The second-order valence-electron chi connectivity index (χ2n) is 6.81. The molecule has 1 heterocycles. The van der Waals surface area contributed by atoms with Gasteiger partial charge in [0.2, 0.25) is 0 Å². The van der Waals surface area contributed by atoms with Crippen molar-refractivity contribution in [3.8, 4) is 0 Å². The van der Waals surface area contributed by atoms with E-state index in [9.17, 15) is 0 Å². The summed E-state index contributed by atoms with van der Waals surface area (Å²) in [6, 6.07) is 0.690. The average molecular weight is 268 g/mol. The molecule has 2 aliphatic rings. The van der Waals surface area contributed by atoms with Crippen LogP contribution >= 0.6 is 0 Å². The van der Waals surface area contributed by atoms with Crippen LogP contribution in [-0.2, 0) is 4.74 Å². The first-order chi connectivity index (χ1) is 9.24. The quantitative estimate of drug-likeness (QED) is 0.685. The van der Waals surface area contributed by atoms with Crippen molar-refractivity contribution in [2.24, 2.45) is 11.8 Å². The zero-order valence-corrected chi connectivity index (χ0v) is 12.9. The van der Waals surface area contributed by atoms with E-state index in [1.807, 2.05) is 0 Å². The van der Waals surface area contributed by atoms with Crippen molar-refractivity contribution in [2.75, 3.05) is 39.4 Å². The van der Waals surface area contributed by atoms with E-state index in [1.54, 1.807) is 0 Å². The van der Waals surface area contributed by atoms with Gasteiger partial charge in [0, 0.05) is 32.3 Å². The summed E-state index contributed by atoms with van der Waals surface area (Å²) in [6.07, 6.45) is 6.58. The molecular formula is C16H32N2O. The van der Waals surface area contributed by atoms with Gasteiger partial charge in [-0.3, -0.25) is 0 Å². The Labute approximate surface area is 119 Å². The zero-order chi connectivity index (χ0) is 13.5. The van der Waals surface area contributed by atoms with Gasteiger partial charge >= 0.3 is 0 Å². The van der Waals surface area contributed by atoms with Crippen molar-refractivity contribution in [3.63, 3.8) is 0 Å². The lowest BCUT2D eigenvalue weighted by molar-refractivity contribution is 0.111. The molecule has 1 aliphatic carbocycles. The molecule has 1 saturated carbocycles.